The van der Waals surface area contributed by atoms with E-state index in [1.54, 1.807) is 6.92 Å². The molecule has 80 valence electrons. The molecule has 0 bridgehead atoms. The van der Waals surface area contributed by atoms with Crippen LogP contribution in [0.5, 0.6) is 0 Å². The van der Waals surface area contributed by atoms with Gasteiger partial charge in [0.2, 0.25) is 0 Å². The number of halogens is 1. The van der Waals surface area contributed by atoms with Gasteiger partial charge in [0.05, 0.1) is 6.10 Å². The van der Waals surface area contributed by atoms with Gasteiger partial charge in [-0.3, -0.25) is 0 Å². The molecule has 1 nitrogen and oxygen atoms in total. The van der Waals surface area contributed by atoms with E-state index in [-0.39, 0.29) is 6.10 Å². The van der Waals surface area contributed by atoms with E-state index in [4.69, 9.17) is 4.74 Å². The van der Waals surface area contributed by atoms with Crippen molar-refractivity contribution in [3.8, 4) is 11.8 Å². The third kappa shape index (κ3) is 4.11. The van der Waals surface area contributed by atoms with Crippen LogP contribution in [-0.4, -0.2) is 18.4 Å². The van der Waals surface area contributed by atoms with Crippen LogP contribution in [0.15, 0.2) is 0 Å². The number of rotatable bonds is 3. The Kier molecular flexibility index (Phi) is 4.41. The Morgan fingerprint density at radius 1 is 1.50 bits per heavy atom. The van der Waals surface area contributed by atoms with E-state index in [0.29, 0.717) is 6.42 Å². The molecular weight excluding hydrogens is 179 g/mol. The van der Waals surface area contributed by atoms with Crippen LogP contribution in [0.1, 0.15) is 46.0 Å². The Balaban J connectivity index is 2.42. The summed E-state index contributed by atoms with van der Waals surface area (Å²) in [5.74, 6) is 5.54. The first kappa shape index (κ1) is 11.5. The quantitative estimate of drug-likeness (QED) is 0.633. The zero-order valence-corrected chi connectivity index (χ0v) is 9.11. The molecule has 2 unspecified atom stereocenters. The maximum atomic E-state index is 13.6. The minimum Gasteiger partial charge on any atom is -0.378 e. The first-order valence-corrected chi connectivity index (χ1v) is 5.44. The van der Waals surface area contributed by atoms with Gasteiger partial charge < -0.3 is 4.74 Å². The second kappa shape index (κ2) is 5.36. The first-order chi connectivity index (χ1) is 6.64. The molecule has 0 amide bonds. The Hall–Kier alpha value is -0.550. The van der Waals surface area contributed by atoms with E-state index >= 15 is 0 Å². The Bertz CT molecular complexity index is 224. The van der Waals surface area contributed by atoms with Crippen LogP contribution in [0.4, 0.5) is 4.39 Å². The second-order valence-corrected chi connectivity index (χ2v) is 4.07. The second-order valence-electron chi connectivity index (χ2n) is 4.07. The maximum Gasteiger partial charge on any atom is 0.168 e. The van der Waals surface area contributed by atoms with Crippen LogP contribution in [0, 0.1) is 11.8 Å². The van der Waals surface area contributed by atoms with Gasteiger partial charge in [-0.1, -0.05) is 18.8 Å². The fraction of sp³-hybridized carbons (Fsp3) is 0.833. The molecule has 1 aliphatic carbocycles. The number of ether oxygens (including phenoxy) is 1. The summed E-state index contributed by atoms with van der Waals surface area (Å²) in [6.07, 6.45) is 4.22. The van der Waals surface area contributed by atoms with Crippen LogP contribution >= 0.6 is 0 Å². The molecule has 2 atom stereocenters. The van der Waals surface area contributed by atoms with Crippen LogP contribution < -0.4 is 0 Å². The van der Waals surface area contributed by atoms with Gasteiger partial charge in [-0.15, -0.1) is 0 Å². The van der Waals surface area contributed by atoms with Gasteiger partial charge in [0.25, 0.3) is 0 Å². The Labute approximate surface area is 86.0 Å². The average molecular weight is 198 g/mol. The summed E-state index contributed by atoms with van der Waals surface area (Å²) in [4.78, 5) is 0. The maximum absolute atomic E-state index is 13.6. The lowest BCUT2D eigenvalue weighted by Gasteiger charge is -2.22. The molecule has 0 aliphatic heterocycles. The molecule has 0 N–H and O–H groups in total. The van der Waals surface area contributed by atoms with Crippen molar-refractivity contribution in [3.63, 3.8) is 0 Å². The molecule has 0 aromatic rings. The third-order valence-electron chi connectivity index (χ3n) is 2.43. The van der Waals surface area contributed by atoms with Gasteiger partial charge in [-0.2, -0.15) is 0 Å². The zero-order chi connectivity index (χ0) is 10.4. The lowest BCUT2D eigenvalue weighted by Crippen LogP contribution is -2.22. The molecule has 1 rings (SSSR count). The predicted octanol–water partition coefficient (Wildman–Crippen LogP) is 3.09. The molecule has 0 spiro atoms. The van der Waals surface area contributed by atoms with Gasteiger partial charge >= 0.3 is 0 Å². The van der Waals surface area contributed by atoms with E-state index in [1.807, 2.05) is 0 Å². The lowest BCUT2D eigenvalue weighted by atomic mass is 9.96. The number of alkyl halides is 1. The first-order valence-electron chi connectivity index (χ1n) is 5.44. The van der Waals surface area contributed by atoms with Gasteiger partial charge in [0.15, 0.2) is 5.67 Å². The molecule has 0 fully saturated rings. The summed E-state index contributed by atoms with van der Waals surface area (Å²) in [7, 11) is 0. The summed E-state index contributed by atoms with van der Waals surface area (Å²) < 4.78 is 19.2. The van der Waals surface area contributed by atoms with E-state index in [9.17, 15) is 4.39 Å². The van der Waals surface area contributed by atoms with Crippen LogP contribution in [-0.2, 0) is 4.74 Å². The number of hydrogen-bond acceptors (Lipinski definition) is 1. The van der Waals surface area contributed by atoms with E-state index in [2.05, 4.69) is 18.8 Å². The highest BCUT2D eigenvalue weighted by molar-refractivity contribution is 5.13. The summed E-state index contributed by atoms with van der Waals surface area (Å²) in [6, 6.07) is 0. The molecule has 0 saturated heterocycles. The molecule has 14 heavy (non-hydrogen) atoms. The monoisotopic (exact) mass is 198 g/mol. The highest BCUT2D eigenvalue weighted by Gasteiger charge is 2.23. The largest absolute Gasteiger partial charge is 0.378 e. The zero-order valence-electron chi connectivity index (χ0n) is 9.11. The third-order valence-corrected chi connectivity index (χ3v) is 2.43. The summed E-state index contributed by atoms with van der Waals surface area (Å²) >= 11 is 0. The fourth-order valence-electron chi connectivity index (χ4n) is 1.57. The molecule has 0 saturated carbocycles. The Morgan fingerprint density at radius 2 is 2.29 bits per heavy atom. The van der Waals surface area contributed by atoms with Crippen LogP contribution in [0.2, 0.25) is 0 Å². The van der Waals surface area contributed by atoms with E-state index in [0.717, 1.165) is 32.3 Å². The van der Waals surface area contributed by atoms with Crippen molar-refractivity contribution >= 4 is 0 Å². The molecule has 0 radical (unpaired) electrons. The number of hydrogen-bond donors (Lipinski definition) is 0. The van der Waals surface area contributed by atoms with Crippen molar-refractivity contribution in [2.45, 2.75) is 57.7 Å². The molecule has 0 aromatic carbocycles. The summed E-state index contributed by atoms with van der Waals surface area (Å²) in [5.41, 5.74) is -1.31. The van der Waals surface area contributed by atoms with Crippen molar-refractivity contribution in [3.05, 3.63) is 0 Å². The average Bonchev–Trinajstić information content (AvgIpc) is 2.12. The Morgan fingerprint density at radius 3 is 3.00 bits per heavy atom. The van der Waals surface area contributed by atoms with Gasteiger partial charge in [-0.05, 0) is 32.6 Å². The predicted molar refractivity (Wildman–Crippen MR) is 55.8 cm³/mol. The smallest absolute Gasteiger partial charge is 0.168 e. The molecule has 0 aromatic heterocycles. The molecule has 2 heteroatoms. The van der Waals surface area contributed by atoms with Crippen molar-refractivity contribution in [2.75, 3.05) is 6.61 Å². The van der Waals surface area contributed by atoms with Gasteiger partial charge in [-0.25, -0.2) is 4.39 Å². The normalized spacial score (nSPS) is 32.6. The SMILES string of the molecule is CCCOC1CCC#CC(C)(F)CC1. The van der Waals surface area contributed by atoms with Crippen molar-refractivity contribution in [2.24, 2.45) is 0 Å². The molecular formula is C12H19FO. The highest BCUT2D eigenvalue weighted by atomic mass is 19.1. The standard InChI is InChI=1S/C12H19FO/c1-3-10-14-11-6-4-5-8-12(2,13)9-7-11/h11H,3-4,6-7,9-10H2,1-2H3. The summed E-state index contributed by atoms with van der Waals surface area (Å²) in [5, 5.41) is 0. The minimum atomic E-state index is -1.31. The van der Waals surface area contributed by atoms with Crippen molar-refractivity contribution in [1.82, 2.24) is 0 Å². The molecule has 1 aliphatic rings. The van der Waals surface area contributed by atoms with Gasteiger partial charge in [0.1, 0.15) is 0 Å². The van der Waals surface area contributed by atoms with E-state index < -0.39 is 5.67 Å². The molecule has 0 heterocycles. The fourth-order valence-corrected chi connectivity index (χ4v) is 1.57. The van der Waals surface area contributed by atoms with Crippen LogP contribution in [0.3, 0.4) is 0 Å². The minimum absolute atomic E-state index is 0.208. The highest BCUT2D eigenvalue weighted by Crippen LogP contribution is 2.22. The van der Waals surface area contributed by atoms with Gasteiger partial charge in [0, 0.05) is 13.0 Å². The van der Waals surface area contributed by atoms with E-state index in [1.165, 1.54) is 0 Å². The van der Waals surface area contributed by atoms with Crippen LogP contribution in [0.25, 0.3) is 0 Å². The summed E-state index contributed by atoms with van der Waals surface area (Å²) in [6.45, 7) is 4.42. The van der Waals surface area contributed by atoms with Crippen molar-refractivity contribution in [1.29, 1.82) is 0 Å². The van der Waals surface area contributed by atoms with Crippen molar-refractivity contribution < 1.29 is 9.13 Å². The topological polar surface area (TPSA) is 9.23 Å². The lowest BCUT2D eigenvalue weighted by molar-refractivity contribution is 0.0330.